The van der Waals surface area contributed by atoms with Crippen LogP contribution in [0.2, 0.25) is 0 Å². The van der Waals surface area contributed by atoms with E-state index in [1.807, 2.05) is 42.5 Å². The highest BCUT2D eigenvalue weighted by molar-refractivity contribution is 5.88. The first-order valence-corrected chi connectivity index (χ1v) is 9.21. The molecule has 0 amide bonds. The number of carbonyl (C=O) groups is 1. The van der Waals surface area contributed by atoms with Gasteiger partial charge in [-0.15, -0.1) is 0 Å². The van der Waals surface area contributed by atoms with E-state index in [0.29, 0.717) is 12.2 Å². The van der Waals surface area contributed by atoms with Crippen molar-refractivity contribution in [1.29, 1.82) is 0 Å². The van der Waals surface area contributed by atoms with Crippen molar-refractivity contribution < 1.29 is 9.53 Å². The van der Waals surface area contributed by atoms with Crippen molar-refractivity contribution >= 4 is 22.3 Å². The zero-order chi connectivity index (χ0) is 19.1. The molecule has 0 saturated heterocycles. The van der Waals surface area contributed by atoms with Gasteiger partial charge in [-0.05, 0) is 28.5 Å². The molecule has 0 radical (unpaired) electrons. The molecule has 4 nitrogen and oxygen atoms in total. The largest absolute Gasteiger partial charge is 0.457 e. The van der Waals surface area contributed by atoms with E-state index in [0.717, 1.165) is 33.5 Å². The lowest BCUT2D eigenvalue weighted by Crippen LogP contribution is -2.16. The van der Waals surface area contributed by atoms with Gasteiger partial charge in [0.05, 0.1) is 17.5 Å². The Bertz CT molecular complexity index is 1240. The third-order valence-corrected chi connectivity index (χ3v) is 5.06. The highest BCUT2D eigenvalue weighted by atomic mass is 16.5. The fraction of sp³-hybridized carbons (Fsp3) is 0.0833. The predicted molar refractivity (Wildman–Crippen MR) is 110 cm³/mol. The lowest BCUT2D eigenvalue weighted by Gasteiger charge is -2.20. The van der Waals surface area contributed by atoms with E-state index in [4.69, 9.17) is 4.74 Å². The lowest BCUT2D eigenvalue weighted by atomic mass is 10.0. The van der Waals surface area contributed by atoms with Crippen LogP contribution in [-0.4, -0.2) is 15.6 Å². The van der Waals surface area contributed by atoms with Gasteiger partial charge in [0, 0.05) is 12.0 Å². The fourth-order valence-electron chi connectivity index (χ4n) is 3.73. The molecule has 1 aliphatic rings. The first-order chi connectivity index (χ1) is 13.7. The van der Waals surface area contributed by atoms with E-state index in [9.17, 15) is 4.79 Å². The molecule has 4 heteroatoms. The second-order valence-corrected chi connectivity index (χ2v) is 6.98. The average Bonchev–Trinajstić information content (AvgIpc) is 3.12. The molecule has 1 aliphatic heterocycles. The van der Waals surface area contributed by atoms with Gasteiger partial charge in [0.25, 0.3) is 0 Å². The van der Waals surface area contributed by atoms with E-state index >= 15 is 0 Å². The quantitative estimate of drug-likeness (QED) is 0.517. The van der Waals surface area contributed by atoms with Gasteiger partial charge >= 0.3 is 0 Å². The summed E-state index contributed by atoms with van der Waals surface area (Å²) in [7, 11) is 0. The molecule has 0 bridgehead atoms. The highest BCUT2D eigenvalue weighted by Crippen LogP contribution is 2.41. The van der Waals surface area contributed by atoms with E-state index in [1.165, 1.54) is 5.39 Å². The monoisotopic (exact) mass is 366 g/mol. The fourth-order valence-corrected chi connectivity index (χ4v) is 3.73. The number of nitrogens with zero attached hydrogens (tertiary/aromatic N) is 2. The first-order valence-electron chi connectivity index (χ1n) is 9.21. The Labute approximate surface area is 162 Å². The van der Waals surface area contributed by atoms with E-state index in [1.54, 1.807) is 10.9 Å². The van der Waals surface area contributed by atoms with Gasteiger partial charge in [-0.2, -0.15) is 5.10 Å². The van der Waals surface area contributed by atoms with Crippen molar-refractivity contribution in [1.82, 2.24) is 9.78 Å². The van der Waals surface area contributed by atoms with Crippen molar-refractivity contribution in [2.24, 2.45) is 0 Å². The van der Waals surface area contributed by atoms with Gasteiger partial charge in [-0.25, -0.2) is 0 Å². The number of para-hydroxylation sites is 1. The van der Waals surface area contributed by atoms with E-state index < -0.39 is 0 Å². The van der Waals surface area contributed by atoms with Crippen LogP contribution in [0, 0.1) is 0 Å². The van der Waals surface area contributed by atoms with Crippen LogP contribution >= 0.6 is 0 Å². The summed E-state index contributed by atoms with van der Waals surface area (Å²) in [6, 6.07) is 22.1. The number of benzene rings is 3. The maximum Gasteiger partial charge on any atom is 0.158 e. The van der Waals surface area contributed by atoms with Gasteiger partial charge in [0.2, 0.25) is 0 Å². The zero-order valence-electron chi connectivity index (χ0n) is 15.3. The molecule has 0 saturated carbocycles. The van der Waals surface area contributed by atoms with Crippen LogP contribution in [0.15, 0.2) is 79.5 Å². The number of hydrogen-bond donors (Lipinski definition) is 0. The van der Waals surface area contributed by atoms with Crippen molar-refractivity contribution in [2.45, 2.75) is 13.0 Å². The maximum atomic E-state index is 12.8. The van der Waals surface area contributed by atoms with Crippen LogP contribution in [0.4, 0.5) is 0 Å². The number of hydrogen-bond acceptors (Lipinski definition) is 3. The molecule has 0 fully saturated rings. The normalized spacial score (nSPS) is 12.4. The minimum atomic E-state index is 0.107. The summed E-state index contributed by atoms with van der Waals surface area (Å²) >= 11 is 0. The number of carbonyl (C=O) groups excluding carboxylic acids is 1. The van der Waals surface area contributed by atoms with Crippen LogP contribution in [0.25, 0.3) is 27.8 Å². The molecule has 4 aromatic rings. The zero-order valence-corrected chi connectivity index (χ0v) is 15.3. The second-order valence-electron chi connectivity index (χ2n) is 6.98. The summed E-state index contributed by atoms with van der Waals surface area (Å²) in [6.07, 6.45) is 2.09. The SMILES string of the molecule is C=C1Oc2ccccc2-c2c1cnn2CC(=O)Cc1ccc2ccccc2c1. The van der Waals surface area contributed by atoms with Crippen LogP contribution in [-0.2, 0) is 17.8 Å². The predicted octanol–water partition coefficient (Wildman–Crippen LogP) is 4.88. The minimum absolute atomic E-state index is 0.107. The molecule has 28 heavy (non-hydrogen) atoms. The number of fused-ring (bicyclic) bond motifs is 4. The smallest absolute Gasteiger partial charge is 0.158 e. The highest BCUT2D eigenvalue weighted by Gasteiger charge is 2.25. The van der Waals surface area contributed by atoms with Crippen molar-refractivity contribution in [2.75, 3.05) is 0 Å². The molecular weight excluding hydrogens is 348 g/mol. The number of ether oxygens (including phenoxy) is 1. The Hall–Kier alpha value is -3.66. The van der Waals surface area contributed by atoms with E-state index in [-0.39, 0.29) is 12.3 Å². The summed E-state index contributed by atoms with van der Waals surface area (Å²) in [5.41, 5.74) is 3.66. The Morgan fingerprint density at radius 2 is 1.75 bits per heavy atom. The van der Waals surface area contributed by atoms with Gasteiger partial charge < -0.3 is 4.74 Å². The van der Waals surface area contributed by atoms with Crippen LogP contribution in [0.3, 0.4) is 0 Å². The van der Waals surface area contributed by atoms with Crippen molar-refractivity contribution in [3.63, 3.8) is 0 Å². The summed E-state index contributed by atoms with van der Waals surface area (Å²) < 4.78 is 7.54. The Kier molecular flexibility index (Phi) is 3.83. The number of Topliss-reactive ketones (excluding diaryl/α,β-unsaturated/α-hetero) is 1. The van der Waals surface area contributed by atoms with Gasteiger partial charge in [-0.3, -0.25) is 9.48 Å². The van der Waals surface area contributed by atoms with Gasteiger partial charge in [-0.1, -0.05) is 61.2 Å². The summed E-state index contributed by atoms with van der Waals surface area (Å²) in [5.74, 6) is 1.40. The summed E-state index contributed by atoms with van der Waals surface area (Å²) in [5, 5.41) is 6.75. The average molecular weight is 366 g/mol. The van der Waals surface area contributed by atoms with E-state index in [2.05, 4.69) is 35.9 Å². The minimum Gasteiger partial charge on any atom is -0.457 e. The molecule has 3 aromatic carbocycles. The van der Waals surface area contributed by atoms with Crippen LogP contribution < -0.4 is 4.74 Å². The van der Waals surface area contributed by atoms with Crippen molar-refractivity contribution in [3.05, 3.63) is 90.6 Å². The molecule has 0 aliphatic carbocycles. The van der Waals surface area contributed by atoms with Crippen LogP contribution in [0.1, 0.15) is 11.1 Å². The molecule has 0 atom stereocenters. The van der Waals surface area contributed by atoms with Gasteiger partial charge in [0.1, 0.15) is 18.1 Å². The molecule has 136 valence electrons. The molecule has 0 N–H and O–H groups in total. The van der Waals surface area contributed by atoms with Crippen LogP contribution in [0.5, 0.6) is 5.75 Å². The number of aromatic nitrogens is 2. The summed E-state index contributed by atoms with van der Waals surface area (Å²) in [4.78, 5) is 12.8. The Morgan fingerprint density at radius 1 is 0.964 bits per heavy atom. The third kappa shape index (κ3) is 2.79. The number of rotatable bonds is 4. The first kappa shape index (κ1) is 16.5. The molecule has 2 heterocycles. The molecular formula is C24H18N2O2. The molecule has 5 rings (SSSR count). The molecule has 0 unspecified atom stereocenters. The third-order valence-electron chi connectivity index (χ3n) is 5.06. The van der Waals surface area contributed by atoms with Crippen molar-refractivity contribution in [3.8, 4) is 17.0 Å². The Balaban J connectivity index is 1.43. The van der Waals surface area contributed by atoms with Gasteiger partial charge in [0.15, 0.2) is 5.78 Å². The maximum absolute atomic E-state index is 12.8. The standard InChI is InChI=1S/C24H18N2O2/c1-16-22-14-25-26(24(22)21-8-4-5-9-23(21)28-16)15-20(27)13-17-10-11-18-6-2-3-7-19(18)12-17/h2-12,14H,1,13,15H2. The second kappa shape index (κ2) is 6.50. The lowest BCUT2D eigenvalue weighted by molar-refractivity contribution is -0.119. The Morgan fingerprint density at radius 3 is 2.64 bits per heavy atom. The summed E-state index contributed by atoms with van der Waals surface area (Å²) in [6.45, 7) is 4.20. The molecule has 0 spiro atoms. The number of ketones is 1. The topological polar surface area (TPSA) is 44.1 Å². The molecule has 1 aromatic heterocycles.